The van der Waals surface area contributed by atoms with Crippen LogP contribution in [0.15, 0.2) is 24.3 Å². The van der Waals surface area contributed by atoms with E-state index < -0.39 is 0 Å². The highest BCUT2D eigenvalue weighted by Gasteiger charge is 1.93. The van der Waals surface area contributed by atoms with Gasteiger partial charge in [0.05, 0.1) is 6.61 Å². The molecule has 0 radical (unpaired) electrons. The van der Waals surface area contributed by atoms with E-state index in [2.05, 4.69) is 38.1 Å². The van der Waals surface area contributed by atoms with Crippen molar-refractivity contribution in [3.05, 3.63) is 35.4 Å². The minimum atomic E-state index is 0.752. The van der Waals surface area contributed by atoms with Crippen molar-refractivity contribution < 1.29 is 4.74 Å². The van der Waals surface area contributed by atoms with Crippen LogP contribution in [0.3, 0.4) is 0 Å². The second-order valence-electron chi connectivity index (χ2n) is 3.23. The minimum absolute atomic E-state index is 0.752. The summed E-state index contributed by atoms with van der Waals surface area (Å²) in [7, 11) is 0. The quantitative estimate of drug-likeness (QED) is 0.629. The van der Waals surface area contributed by atoms with Gasteiger partial charge >= 0.3 is 0 Å². The SMILES string of the molecule is CCCOCc1cccc(CC)c1. The highest BCUT2D eigenvalue weighted by atomic mass is 16.5. The van der Waals surface area contributed by atoms with Crippen molar-refractivity contribution in [1.82, 2.24) is 0 Å². The molecular weight excluding hydrogens is 160 g/mol. The lowest BCUT2D eigenvalue weighted by molar-refractivity contribution is 0.121. The summed E-state index contributed by atoms with van der Waals surface area (Å²) in [6, 6.07) is 8.59. The van der Waals surface area contributed by atoms with E-state index in [-0.39, 0.29) is 0 Å². The maximum absolute atomic E-state index is 5.47. The summed E-state index contributed by atoms with van der Waals surface area (Å²) in [6.07, 6.45) is 2.19. The molecule has 72 valence electrons. The van der Waals surface area contributed by atoms with Crippen LogP contribution in [0.25, 0.3) is 0 Å². The van der Waals surface area contributed by atoms with Crippen molar-refractivity contribution in [3.8, 4) is 0 Å². The molecule has 0 aliphatic carbocycles. The van der Waals surface area contributed by atoms with Gasteiger partial charge in [-0.2, -0.15) is 0 Å². The summed E-state index contributed by atoms with van der Waals surface area (Å²) >= 11 is 0. The van der Waals surface area contributed by atoms with E-state index >= 15 is 0 Å². The Morgan fingerprint density at radius 1 is 1.15 bits per heavy atom. The van der Waals surface area contributed by atoms with Crippen molar-refractivity contribution in [2.24, 2.45) is 0 Å². The fourth-order valence-corrected chi connectivity index (χ4v) is 1.27. The number of aryl methyl sites for hydroxylation is 1. The standard InChI is InChI=1S/C12H18O/c1-3-8-13-10-12-7-5-6-11(4-2)9-12/h5-7,9H,3-4,8,10H2,1-2H3. The number of rotatable bonds is 5. The Hall–Kier alpha value is -0.820. The van der Waals surface area contributed by atoms with Crippen molar-refractivity contribution in [2.45, 2.75) is 33.3 Å². The van der Waals surface area contributed by atoms with Crippen molar-refractivity contribution in [3.63, 3.8) is 0 Å². The van der Waals surface area contributed by atoms with Crippen molar-refractivity contribution in [1.29, 1.82) is 0 Å². The van der Waals surface area contributed by atoms with E-state index in [4.69, 9.17) is 4.74 Å². The van der Waals surface area contributed by atoms with Gasteiger partial charge in [-0.25, -0.2) is 0 Å². The third-order valence-corrected chi connectivity index (χ3v) is 2.02. The first kappa shape index (κ1) is 10.3. The van der Waals surface area contributed by atoms with Gasteiger partial charge in [-0.3, -0.25) is 0 Å². The predicted octanol–water partition coefficient (Wildman–Crippen LogP) is 3.18. The molecule has 0 spiro atoms. The molecule has 0 N–H and O–H groups in total. The second kappa shape index (κ2) is 5.76. The zero-order valence-electron chi connectivity index (χ0n) is 8.55. The molecule has 0 bridgehead atoms. The molecular formula is C12H18O. The third kappa shape index (κ3) is 3.60. The molecule has 13 heavy (non-hydrogen) atoms. The topological polar surface area (TPSA) is 9.23 Å². The Bertz CT molecular complexity index is 243. The molecule has 0 aliphatic rings. The summed E-state index contributed by atoms with van der Waals surface area (Å²) in [5.41, 5.74) is 2.67. The molecule has 0 fully saturated rings. The van der Waals surface area contributed by atoms with Crippen LogP contribution in [-0.4, -0.2) is 6.61 Å². The molecule has 1 aromatic rings. The van der Waals surface area contributed by atoms with E-state index in [1.165, 1.54) is 11.1 Å². The largest absolute Gasteiger partial charge is 0.377 e. The molecule has 0 amide bonds. The summed E-state index contributed by atoms with van der Waals surface area (Å²) in [5, 5.41) is 0. The average Bonchev–Trinajstić information content (AvgIpc) is 2.19. The first-order chi connectivity index (χ1) is 6.36. The van der Waals surface area contributed by atoms with Gasteiger partial charge in [0.1, 0.15) is 0 Å². The molecule has 1 rings (SSSR count). The van der Waals surface area contributed by atoms with E-state index in [9.17, 15) is 0 Å². The number of ether oxygens (including phenoxy) is 1. The Balaban J connectivity index is 2.46. The Labute approximate surface area is 80.7 Å². The summed E-state index contributed by atoms with van der Waals surface area (Å²) in [6.45, 7) is 5.91. The molecule has 1 aromatic carbocycles. The Morgan fingerprint density at radius 3 is 2.62 bits per heavy atom. The molecule has 0 aliphatic heterocycles. The van der Waals surface area contributed by atoms with Crippen LogP contribution in [0.2, 0.25) is 0 Å². The molecule has 0 atom stereocenters. The predicted molar refractivity (Wildman–Crippen MR) is 55.8 cm³/mol. The maximum atomic E-state index is 5.47. The fourth-order valence-electron chi connectivity index (χ4n) is 1.27. The molecule has 0 saturated heterocycles. The first-order valence-electron chi connectivity index (χ1n) is 5.02. The first-order valence-corrected chi connectivity index (χ1v) is 5.02. The number of hydrogen-bond donors (Lipinski definition) is 0. The van der Waals surface area contributed by atoms with E-state index in [1.54, 1.807) is 0 Å². The van der Waals surface area contributed by atoms with Crippen LogP contribution in [0.1, 0.15) is 31.4 Å². The molecule has 0 unspecified atom stereocenters. The highest BCUT2D eigenvalue weighted by Crippen LogP contribution is 2.07. The molecule has 0 heterocycles. The minimum Gasteiger partial charge on any atom is -0.377 e. The molecule has 0 saturated carbocycles. The zero-order valence-corrected chi connectivity index (χ0v) is 8.55. The van der Waals surface area contributed by atoms with Crippen molar-refractivity contribution in [2.75, 3.05) is 6.61 Å². The maximum Gasteiger partial charge on any atom is 0.0716 e. The molecule has 1 heteroatoms. The number of hydrogen-bond acceptors (Lipinski definition) is 1. The highest BCUT2D eigenvalue weighted by molar-refractivity contribution is 5.22. The lowest BCUT2D eigenvalue weighted by atomic mass is 10.1. The fraction of sp³-hybridized carbons (Fsp3) is 0.500. The van der Waals surface area contributed by atoms with Crippen LogP contribution < -0.4 is 0 Å². The van der Waals surface area contributed by atoms with Crippen LogP contribution >= 0.6 is 0 Å². The summed E-state index contributed by atoms with van der Waals surface area (Å²) in [4.78, 5) is 0. The second-order valence-corrected chi connectivity index (χ2v) is 3.23. The van der Waals surface area contributed by atoms with Gasteiger partial charge in [0.25, 0.3) is 0 Å². The third-order valence-electron chi connectivity index (χ3n) is 2.02. The lowest BCUT2D eigenvalue weighted by Crippen LogP contribution is -1.94. The number of benzene rings is 1. The van der Waals surface area contributed by atoms with Gasteiger partial charge in [-0.05, 0) is 24.0 Å². The summed E-state index contributed by atoms with van der Waals surface area (Å²) in [5.74, 6) is 0. The van der Waals surface area contributed by atoms with Gasteiger partial charge < -0.3 is 4.74 Å². The van der Waals surface area contributed by atoms with Crippen LogP contribution in [0, 0.1) is 0 Å². The van der Waals surface area contributed by atoms with Gasteiger partial charge in [-0.1, -0.05) is 38.1 Å². The van der Waals surface area contributed by atoms with Gasteiger partial charge in [0.15, 0.2) is 0 Å². The van der Waals surface area contributed by atoms with Gasteiger partial charge in [0, 0.05) is 6.61 Å². The Kier molecular flexibility index (Phi) is 4.55. The van der Waals surface area contributed by atoms with E-state index in [1.807, 2.05) is 0 Å². The normalized spacial score (nSPS) is 10.3. The Morgan fingerprint density at radius 2 is 1.92 bits per heavy atom. The van der Waals surface area contributed by atoms with Crippen molar-refractivity contribution >= 4 is 0 Å². The smallest absolute Gasteiger partial charge is 0.0716 e. The monoisotopic (exact) mass is 178 g/mol. The van der Waals surface area contributed by atoms with Crippen LogP contribution in [-0.2, 0) is 17.8 Å². The van der Waals surface area contributed by atoms with Crippen LogP contribution in [0.5, 0.6) is 0 Å². The van der Waals surface area contributed by atoms with E-state index in [0.29, 0.717) is 0 Å². The average molecular weight is 178 g/mol. The zero-order chi connectivity index (χ0) is 9.52. The molecule has 0 aromatic heterocycles. The van der Waals surface area contributed by atoms with Crippen LogP contribution in [0.4, 0.5) is 0 Å². The van der Waals surface area contributed by atoms with Gasteiger partial charge in [-0.15, -0.1) is 0 Å². The lowest BCUT2D eigenvalue weighted by Gasteiger charge is -2.04. The van der Waals surface area contributed by atoms with E-state index in [0.717, 1.165) is 26.1 Å². The molecule has 1 nitrogen and oxygen atoms in total. The van der Waals surface area contributed by atoms with Gasteiger partial charge in [0.2, 0.25) is 0 Å². The summed E-state index contributed by atoms with van der Waals surface area (Å²) < 4.78 is 5.47.